The van der Waals surface area contributed by atoms with Crippen LogP contribution in [0.5, 0.6) is 0 Å². The van der Waals surface area contributed by atoms with Crippen molar-refractivity contribution in [2.24, 2.45) is 5.73 Å². The van der Waals surface area contributed by atoms with E-state index in [0.717, 1.165) is 12.8 Å². The van der Waals surface area contributed by atoms with Gasteiger partial charge in [-0.05, 0) is 12.8 Å². The highest BCUT2D eigenvalue weighted by atomic mass is 16.2. The summed E-state index contributed by atoms with van der Waals surface area (Å²) in [6.07, 6.45) is 2.62. The first kappa shape index (κ1) is 8.04. The van der Waals surface area contributed by atoms with Crippen molar-refractivity contribution in [3.05, 3.63) is 0 Å². The number of Topliss-reactive ketones (excluding diaryl/α,β-unsaturated/α-hetero) is 1. The zero-order chi connectivity index (χ0) is 8.27. The number of rotatable bonds is 1. The molecule has 0 radical (unpaired) electrons. The Bertz CT molecular complexity index is 169. The van der Waals surface area contributed by atoms with Crippen molar-refractivity contribution in [1.29, 1.82) is 0 Å². The van der Waals surface area contributed by atoms with E-state index in [-0.39, 0.29) is 11.8 Å². The maximum absolute atomic E-state index is 10.8. The van der Waals surface area contributed by atoms with Gasteiger partial charge in [0.2, 0.25) is 0 Å². The SMILES string of the molecule is NC(=O)NC1CCC(=O)CC1. The van der Waals surface area contributed by atoms with Crippen molar-refractivity contribution in [2.75, 3.05) is 0 Å². The minimum Gasteiger partial charge on any atom is -0.352 e. The summed E-state index contributed by atoms with van der Waals surface area (Å²) in [6, 6.07) is -0.380. The van der Waals surface area contributed by atoms with E-state index in [9.17, 15) is 9.59 Å². The standard InChI is InChI=1S/C7H12N2O2/c8-7(11)9-5-1-3-6(10)4-2-5/h5H,1-4H2,(H3,8,9,11). The summed E-state index contributed by atoms with van der Waals surface area (Å²) >= 11 is 0. The summed E-state index contributed by atoms with van der Waals surface area (Å²) in [4.78, 5) is 21.1. The number of carbonyl (C=O) groups excluding carboxylic acids is 2. The lowest BCUT2D eigenvalue weighted by molar-refractivity contribution is -0.120. The normalized spacial score (nSPS) is 19.8. The molecule has 4 nitrogen and oxygen atoms in total. The summed E-state index contributed by atoms with van der Waals surface area (Å²) < 4.78 is 0. The topological polar surface area (TPSA) is 72.2 Å². The molecule has 1 fully saturated rings. The largest absolute Gasteiger partial charge is 0.352 e. The van der Waals surface area contributed by atoms with Crippen LogP contribution in [0, 0.1) is 0 Å². The second kappa shape index (κ2) is 3.37. The molecule has 0 unspecified atom stereocenters. The molecule has 1 saturated carbocycles. The Kier molecular flexibility index (Phi) is 2.46. The number of hydrogen-bond acceptors (Lipinski definition) is 2. The third-order valence-electron chi connectivity index (χ3n) is 1.89. The molecule has 1 aliphatic carbocycles. The zero-order valence-electron chi connectivity index (χ0n) is 6.30. The summed E-state index contributed by atoms with van der Waals surface area (Å²) in [5, 5.41) is 2.59. The molecule has 0 atom stereocenters. The lowest BCUT2D eigenvalue weighted by Gasteiger charge is -2.20. The Labute approximate surface area is 65.1 Å². The predicted molar refractivity (Wildman–Crippen MR) is 40.0 cm³/mol. The van der Waals surface area contributed by atoms with E-state index in [0.29, 0.717) is 12.8 Å². The quantitative estimate of drug-likeness (QED) is 0.568. The maximum Gasteiger partial charge on any atom is 0.312 e. The fraction of sp³-hybridized carbons (Fsp3) is 0.714. The Morgan fingerprint density at radius 2 is 2.00 bits per heavy atom. The van der Waals surface area contributed by atoms with Crippen molar-refractivity contribution in [1.82, 2.24) is 5.32 Å². The summed E-state index contributed by atoms with van der Waals surface area (Å²) in [6.45, 7) is 0. The van der Waals surface area contributed by atoms with Gasteiger partial charge in [-0.25, -0.2) is 4.79 Å². The highest BCUT2D eigenvalue weighted by molar-refractivity contribution is 5.79. The predicted octanol–water partition coefficient (Wildman–Crippen LogP) is 0.166. The number of hydrogen-bond donors (Lipinski definition) is 2. The van der Waals surface area contributed by atoms with Crippen molar-refractivity contribution in [2.45, 2.75) is 31.7 Å². The second-order valence-corrected chi connectivity index (χ2v) is 2.82. The monoisotopic (exact) mass is 156 g/mol. The van der Waals surface area contributed by atoms with Crippen molar-refractivity contribution < 1.29 is 9.59 Å². The molecule has 11 heavy (non-hydrogen) atoms. The highest BCUT2D eigenvalue weighted by Gasteiger charge is 2.18. The second-order valence-electron chi connectivity index (χ2n) is 2.82. The minimum absolute atomic E-state index is 0.116. The van der Waals surface area contributed by atoms with Gasteiger partial charge < -0.3 is 11.1 Å². The van der Waals surface area contributed by atoms with Crippen LogP contribution >= 0.6 is 0 Å². The highest BCUT2D eigenvalue weighted by Crippen LogP contribution is 2.14. The zero-order valence-corrected chi connectivity index (χ0v) is 6.30. The van der Waals surface area contributed by atoms with Gasteiger partial charge in [0.25, 0.3) is 0 Å². The van der Waals surface area contributed by atoms with Gasteiger partial charge in [0.05, 0.1) is 0 Å². The molecule has 0 spiro atoms. The number of carbonyl (C=O) groups is 2. The van der Waals surface area contributed by atoms with Gasteiger partial charge in [-0.15, -0.1) is 0 Å². The Balaban J connectivity index is 2.28. The Morgan fingerprint density at radius 3 is 2.45 bits per heavy atom. The lowest BCUT2D eigenvalue weighted by atomic mass is 9.94. The molecule has 0 aliphatic heterocycles. The third-order valence-corrected chi connectivity index (χ3v) is 1.89. The van der Waals surface area contributed by atoms with E-state index in [4.69, 9.17) is 5.73 Å². The van der Waals surface area contributed by atoms with Gasteiger partial charge in [-0.1, -0.05) is 0 Å². The summed E-state index contributed by atoms with van der Waals surface area (Å²) in [7, 11) is 0. The van der Waals surface area contributed by atoms with Gasteiger partial charge in [0.15, 0.2) is 0 Å². The number of primary amides is 1. The van der Waals surface area contributed by atoms with Crippen LogP contribution in [0.25, 0.3) is 0 Å². The van der Waals surface area contributed by atoms with E-state index < -0.39 is 6.03 Å². The van der Waals surface area contributed by atoms with E-state index in [1.807, 2.05) is 0 Å². The molecule has 0 saturated heterocycles. The third kappa shape index (κ3) is 2.57. The van der Waals surface area contributed by atoms with Gasteiger partial charge in [0.1, 0.15) is 5.78 Å². The first-order valence-corrected chi connectivity index (χ1v) is 3.76. The average molecular weight is 156 g/mol. The molecule has 0 aromatic heterocycles. The van der Waals surface area contributed by atoms with Crippen molar-refractivity contribution in [3.63, 3.8) is 0 Å². The molecule has 0 aromatic carbocycles. The fourth-order valence-corrected chi connectivity index (χ4v) is 1.29. The molecule has 1 rings (SSSR count). The van der Waals surface area contributed by atoms with Crippen LogP contribution in [-0.2, 0) is 4.79 Å². The van der Waals surface area contributed by atoms with Crippen molar-refractivity contribution >= 4 is 11.8 Å². The Morgan fingerprint density at radius 1 is 1.45 bits per heavy atom. The van der Waals surface area contributed by atoms with Crippen LogP contribution in [0.2, 0.25) is 0 Å². The fourth-order valence-electron chi connectivity index (χ4n) is 1.29. The number of nitrogens with two attached hydrogens (primary N) is 1. The number of ketones is 1. The molecule has 0 bridgehead atoms. The van der Waals surface area contributed by atoms with E-state index in [1.165, 1.54) is 0 Å². The molecule has 2 amide bonds. The van der Waals surface area contributed by atoms with Crippen molar-refractivity contribution in [3.8, 4) is 0 Å². The molecule has 0 aromatic rings. The maximum atomic E-state index is 10.8. The average Bonchev–Trinajstić information content (AvgIpc) is 1.93. The van der Waals surface area contributed by atoms with E-state index >= 15 is 0 Å². The Hall–Kier alpha value is -1.06. The van der Waals surface area contributed by atoms with Crippen LogP contribution in [0.1, 0.15) is 25.7 Å². The summed E-state index contributed by atoms with van der Waals surface area (Å²) in [5.74, 6) is 0.285. The number of urea groups is 1. The van der Waals surface area contributed by atoms with Crippen LogP contribution < -0.4 is 11.1 Å². The lowest BCUT2D eigenvalue weighted by Crippen LogP contribution is -2.40. The smallest absolute Gasteiger partial charge is 0.312 e. The molecule has 4 heteroatoms. The summed E-state index contributed by atoms with van der Waals surface area (Å²) in [5.41, 5.74) is 4.92. The van der Waals surface area contributed by atoms with Crippen LogP contribution in [0.3, 0.4) is 0 Å². The molecule has 62 valence electrons. The van der Waals surface area contributed by atoms with Crippen LogP contribution in [0.4, 0.5) is 4.79 Å². The molecular formula is C7H12N2O2. The molecule has 1 aliphatic rings. The van der Waals surface area contributed by atoms with Crippen LogP contribution in [0.15, 0.2) is 0 Å². The molecular weight excluding hydrogens is 144 g/mol. The van der Waals surface area contributed by atoms with Gasteiger partial charge in [-0.2, -0.15) is 0 Å². The van der Waals surface area contributed by atoms with E-state index in [1.54, 1.807) is 0 Å². The van der Waals surface area contributed by atoms with E-state index in [2.05, 4.69) is 5.32 Å². The van der Waals surface area contributed by atoms with Gasteiger partial charge in [0, 0.05) is 18.9 Å². The first-order valence-electron chi connectivity index (χ1n) is 3.76. The first-order chi connectivity index (χ1) is 5.18. The molecule has 0 heterocycles. The molecule has 3 N–H and O–H groups in total. The number of amides is 2. The minimum atomic E-state index is -0.496. The van der Waals surface area contributed by atoms with Gasteiger partial charge in [-0.3, -0.25) is 4.79 Å². The number of nitrogens with one attached hydrogen (secondary N) is 1. The van der Waals surface area contributed by atoms with Crippen LogP contribution in [-0.4, -0.2) is 17.9 Å². The van der Waals surface area contributed by atoms with Gasteiger partial charge >= 0.3 is 6.03 Å².